The molecule has 5 nitrogen and oxygen atoms in total. The van der Waals surface area contributed by atoms with Crippen molar-refractivity contribution in [3.63, 3.8) is 0 Å². The molecule has 0 spiro atoms. The fraction of sp³-hybridized carbons (Fsp3) is 0.440. The molecule has 0 atom stereocenters. The van der Waals surface area contributed by atoms with E-state index in [1.54, 1.807) is 6.07 Å². The maximum absolute atomic E-state index is 12.8. The average Bonchev–Trinajstić information content (AvgIpc) is 2.68. The Hall–Kier alpha value is -2.82. The van der Waals surface area contributed by atoms with Crippen LogP contribution >= 0.6 is 0 Å². The van der Waals surface area contributed by atoms with Gasteiger partial charge in [0.1, 0.15) is 5.75 Å². The number of nitrogens with one attached hydrogen (secondary N) is 2. The summed E-state index contributed by atoms with van der Waals surface area (Å²) in [5.41, 5.74) is 3.08. The molecule has 162 valence electrons. The van der Waals surface area contributed by atoms with Gasteiger partial charge in [0.15, 0.2) is 0 Å². The third-order valence-electron chi connectivity index (χ3n) is 5.07. The topological polar surface area (TPSA) is 67.4 Å². The van der Waals surface area contributed by atoms with E-state index in [0.29, 0.717) is 24.4 Å². The highest BCUT2D eigenvalue weighted by Gasteiger charge is 2.27. The van der Waals surface area contributed by atoms with E-state index < -0.39 is 5.41 Å². The van der Waals surface area contributed by atoms with Gasteiger partial charge < -0.3 is 15.4 Å². The first-order valence-corrected chi connectivity index (χ1v) is 10.5. The largest absolute Gasteiger partial charge is 0.493 e. The predicted octanol–water partition coefficient (Wildman–Crippen LogP) is 5.72. The number of carbonyl (C=O) groups is 2. The lowest BCUT2D eigenvalue weighted by molar-refractivity contribution is -0.124. The second-order valence-corrected chi connectivity index (χ2v) is 8.78. The highest BCUT2D eigenvalue weighted by Crippen LogP contribution is 2.26. The highest BCUT2D eigenvalue weighted by atomic mass is 16.5. The van der Waals surface area contributed by atoms with Gasteiger partial charge in [0.25, 0.3) is 0 Å². The third-order valence-corrected chi connectivity index (χ3v) is 5.07. The van der Waals surface area contributed by atoms with Crippen LogP contribution in [0.15, 0.2) is 42.5 Å². The number of rotatable bonds is 9. The normalized spacial score (nSPS) is 11.3. The monoisotopic (exact) mass is 410 g/mol. The van der Waals surface area contributed by atoms with Crippen molar-refractivity contribution in [1.82, 2.24) is 0 Å². The maximum atomic E-state index is 12.8. The third kappa shape index (κ3) is 6.90. The van der Waals surface area contributed by atoms with Gasteiger partial charge in [0, 0.05) is 22.7 Å². The molecule has 2 rings (SSSR count). The number of amides is 2. The molecule has 0 aliphatic rings. The Morgan fingerprint density at radius 2 is 1.67 bits per heavy atom. The highest BCUT2D eigenvalue weighted by molar-refractivity contribution is 5.96. The molecule has 2 amide bonds. The number of ether oxygens (including phenoxy) is 1. The minimum Gasteiger partial charge on any atom is -0.493 e. The van der Waals surface area contributed by atoms with E-state index in [4.69, 9.17) is 4.74 Å². The van der Waals surface area contributed by atoms with Crippen molar-refractivity contribution < 1.29 is 14.3 Å². The lowest BCUT2D eigenvalue weighted by Gasteiger charge is -2.24. The van der Waals surface area contributed by atoms with E-state index in [1.807, 2.05) is 65.8 Å². The van der Waals surface area contributed by atoms with E-state index in [2.05, 4.69) is 22.8 Å². The molecule has 30 heavy (non-hydrogen) atoms. The van der Waals surface area contributed by atoms with Gasteiger partial charge in [0.05, 0.1) is 6.61 Å². The van der Waals surface area contributed by atoms with Crippen LogP contribution in [0.4, 0.5) is 11.4 Å². The van der Waals surface area contributed by atoms with Crippen LogP contribution in [0.3, 0.4) is 0 Å². The number of carbonyl (C=O) groups excluding carboxylic acids is 2. The molecule has 2 aromatic carbocycles. The molecular weight excluding hydrogens is 376 g/mol. The van der Waals surface area contributed by atoms with Gasteiger partial charge in [-0.3, -0.25) is 9.59 Å². The van der Waals surface area contributed by atoms with Crippen molar-refractivity contribution in [1.29, 1.82) is 0 Å². The van der Waals surface area contributed by atoms with Crippen LogP contribution in [-0.4, -0.2) is 18.4 Å². The van der Waals surface area contributed by atoms with Gasteiger partial charge in [-0.15, -0.1) is 0 Å². The van der Waals surface area contributed by atoms with E-state index >= 15 is 0 Å². The summed E-state index contributed by atoms with van der Waals surface area (Å²) >= 11 is 0. The van der Waals surface area contributed by atoms with Crippen LogP contribution in [0.25, 0.3) is 0 Å². The van der Waals surface area contributed by atoms with Crippen molar-refractivity contribution in [2.24, 2.45) is 11.3 Å². The van der Waals surface area contributed by atoms with Gasteiger partial charge in [-0.25, -0.2) is 0 Å². The molecule has 0 heterocycles. The van der Waals surface area contributed by atoms with Crippen molar-refractivity contribution in [3.8, 4) is 5.75 Å². The fourth-order valence-corrected chi connectivity index (χ4v) is 2.93. The summed E-state index contributed by atoms with van der Waals surface area (Å²) in [5, 5.41) is 5.82. The van der Waals surface area contributed by atoms with Crippen molar-refractivity contribution in [3.05, 3.63) is 53.6 Å². The summed E-state index contributed by atoms with van der Waals surface area (Å²) in [6, 6.07) is 13.4. The summed E-state index contributed by atoms with van der Waals surface area (Å²) in [5.74, 6) is 0.690. The first-order chi connectivity index (χ1) is 14.1. The summed E-state index contributed by atoms with van der Waals surface area (Å²) in [4.78, 5) is 24.7. The van der Waals surface area contributed by atoms with E-state index in [-0.39, 0.29) is 17.7 Å². The van der Waals surface area contributed by atoms with Crippen LogP contribution in [0.1, 0.15) is 51.7 Å². The van der Waals surface area contributed by atoms with Gasteiger partial charge in [0.2, 0.25) is 11.8 Å². The quantitative estimate of drug-likeness (QED) is 0.519. The average molecular weight is 411 g/mol. The molecule has 0 bridgehead atoms. The fourth-order valence-electron chi connectivity index (χ4n) is 2.93. The van der Waals surface area contributed by atoms with E-state index in [1.165, 1.54) is 5.56 Å². The lowest BCUT2D eigenvalue weighted by Crippen LogP contribution is -2.31. The first-order valence-electron chi connectivity index (χ1n) is 10.5. The van der Waals surface area contributed by atoms with Gasteiger partial charge in [-0.1, -0.05) is 45.9 Å². The van der Waals surface area contributed by atoms with E-state index in [9.17, 15) is 9.59 Å². The maximum Gasteiger partial charge on any atom is 0.230 e. The standard InChI is InChI=1S/C25H34N2O3/c1-17(2)23(28)26-20-9-7-10-21(16-20)27-24(29)25(5,6)13-8-14-30-22-15-18(3)11-12-19(22)4/h7,9-12,15-17H,8,13-14H2,1-6H3,(H,26,28)(H,27,29). The Morgan fingerprint density at radius 3 is 2.33 bits per heavy atom. The molecular formula is C25H34N2O3. The predicted molar refractivity (Wildman–Crippen MR) is 123 cm³/mol. The van der Waals surface area contributed by atoms with Crippen LogP contribution in [0.2, 0.25) is 0 Å². The van der Waals surface area contributed by atoms with Crippen molar-refractivity contribution in [2.75, 3.05) is 17.2 Å². The molecule has 0 saturated heterocycles. The molecule has 0 fully saturated rings. The second-order valence-electron chi connectivity index (χ2n) is 8.78. The number of hydrogen-bond donors (Lipinski definition) is 2. The van der Waals surface area contributed by atoms with Crippen molar-refractivity contribution in [2.45, 2.75) is 54.4 Å². The Kier molecular flexibility index (Phi) is 8.04. The Morgan fingerprint density at radius 1 is 1.00 bits per heavy atom. The van der Waals surface area contributed by atoms with Gasteiger partial charge in [-0.05, 0) is 62.1 Å². The molecule has 2 N–H and O–H groups in total. The molecule has 0 aliphatic carbocycles. The number of benzene rings is 2. The zero-order chi connectivity index (χ0) is 22.3. The van der Waals surface area contributed by atoms with Gasteiger partial charge in [-0.2, -0.15) is 0 Å². The number of anilines is 2. The van der Waals surface area contributed by atoms with Gasteiger partial charge >= 0.3 is 0 Å². The summed E-state index contributed by atoms with van der Waals surface area (Å²) in [6.45, 7) is 12.2. The molecule has 0 aliphatic heterocycles. The second kappa shape index (κ2) is 10.3. The smallest absolute Gasteiger partial charge is 0.230 e. The van der Waals surface area contributed by atoms with Crippen LogP contribution in [0.5, 0.6) is 5.75 Å². The van der Waals surface area contributed by atoms with Crippen LogP contribution in [-0.2, 0) is 9.59 Å². The van der Waals surface area contributed by atoms with Crippen LogP contribution in [0, 0.1) is 25.2 Å². The molecule has 0 radical (unpaired) electrons. The Balaban J connectivity index is 1.88. The van der Waals surface area contributed by atoms with Crippen molar-refractivity contribution >= 4 is 23.2 Å². The zero-order valence-corrected chi connectivity index (χ0v) is 19.0. The minimum atomic E-state index is -0.539. The lowest BCUT2D eigenvalue weighted by atomic mass is 9.87. The molecule has 0 aromatic heterocycles. The molecule has 5 heteroatoms. The minimum absolute atomic E-state index is 0.0531. The van der Waals surface area contributed by atoms with Crippen LogP contribution < -0.4 is 15.4 Å². The zero-order valence-electron chi connectivity index (χ0n) is 19.0. The number of hydrogen-bond acceptors (Lipinski definition) is 3. The Bertz CT molecular complexity index is 888. The summed E-state index contributed by atoms with van der Waals surface area (Å²) < 4.78 is 5.91. The number of aryl methyl sites for hydroxylation is 2. The van der Waals surface area contributed by atoms with E-state index in [0.717, 1.165) is 17.7 Å². The Labute approximate surface area is 180 Å². The summed E-state index contributed by atoms with van der Waals surface area (Å²) in [7, 11) is 0. The molecule has 0 saturated carbocycles. The molecule has 2 aromatic rings. The first kappa shape index (κ1) is 23.5. The SMILES string of the molecule is Cc1ccc(C)c(OCCCC(C)(C)C(=O)Nc2cccc(NC(=O)C(C)C)c2)c1. The molecule has 0 unspecified atom stereocenters. The summed E-state index contributed by atoms with van der Waals surface area (Å²) in [6.07, 6.45) is 1.48.